The first-order valence-electron chi connectivity index (χ1n) is 10.1. The van der Waals surface area contributed by atoms with Crippen LogP contribution in [0.5, 0.6) is 0 Å². The average Bonchev–Trinajstić information content (AvgIpc) is 3.42. The molecule has 4 rings (SSSR count). The lowest BCUT2D eigenvalue weighted by Crippen LogP contribution is -2.51. The van der Waals surface area contributed by atoms with Crippen LogP contribution in [0.4, 0.5) is 5.82 Å². The Bertz CT molecular complexity index is 575. The van der Waals surface area contributed by atoms with Gasteiger partial charge in [-0.2, -0.15) is 0 Å². The Hall–Kier alpha value is -1.20. The zero-order valence-electron chi connectivity index (χ0n) is 15.5. The van der Waals surface area contributed by atoms with Gasteiger partial charge in [0.1, 0.15) is 12.1 Å². The highest BCUT2D eigenvalue weighted by Crippen LogP contribution is 2.36. The lowest BCUT2D eigenvalue weighted by Gasteiger charge is -2.43. The summed E-state index contributed by atoms with van der Waals surface area (Å²) in [5.41, 5.74) is 0.623. The molecule has 1 aromatic heterocycles. The molecule has 1 aliphatic heterocycles. The van der Waals surface area contributed by atoms with Crippen molar-refractivity contribution in [3.63, 3.8) is 0 Å². The normalized spacial score (nSPS) is 25.0. The largest absolute Gasteiger partial charge is 0.389 e. The zero-order chi connectivity index (χ0) is 17.3. The van der Waals surface area contributed by atoms with Crippen molar-refractivity contribution < 1.29 is 5.11 Å². The second kappa shape index (κ2) is 7.20. The van der Waals surface area contributed by atoms with Gasteiger partial charge in [-0.15, -0.1) is 0 Å². The summed E-state index contributed by atoms with van der Waals surface area (Å²) >= 11 is 0. The van der Waals surface area contributed by atoms with E-state index in [1.165, 1.54) is 44.9 Å². The van der Waals surface area contributed by atoms with E-state index in [9.17, 15) is 5.11 Å². The van der Waals surface area contributed by atoms with Gasteiger partial charge in [0.05, 0.1) is 5.60 Å². The van der Waals surface area contributed by atoms with Crippen LogP contribution in [0.2, 0.25) is 0 Å². The van der Waals surface area contributed by atoms with E-state index in [0.29, 0.717) is 12.1 Å². The Kier molecular flexibility index (Phi) is 4.96. The van der Waals surface area contributed by atoms with Crippen LogP contribution < -0.4 is 4.90 Å². The molecule has 1 N–H and O–H groups in total. The van der Waals surface area contributed by atoms with Gasteiger partial charge in [0, 0.05) is 43.5 Å². The molecule has 0 amide bonds. The summed E-state index contributed by atoms with van der Waals surface area (Å²) in [7, 11) is 0. The third-order valence-electron chi connectivity index (χ3n) is 6.25. The van der Waals surface area contributed by atoms with Gasteiger partial charge in [0.25, 0.3) is 0 Å². The molecule has 0 spiro atoms. The highest BCUT2D eigenvalue weighted by Gasteiger charge is 2.38. The highest BCUT2D eigenvalue weighted by molar-refractivity contribution is 5.43. The fourth-order valence-corrected chi connectivity index (χ4v) is 4.75. The van der Waals surface area contributed by atoms with Gasteiger partial charge in [-0.25, -0.2) is 9.97 Å². The summed E-state index contributed by atoms with van der Waals surface area (Å²) in [6.45, 7) is 5.11. The zero-order valence-corrected chi connectivity index (χ0v) is 15.5. The van der Waals surface area contributed by atoms with Crippen LogP contribution >= 0.6 is 0 Å². The van der Waals surface area contributed by atoms with Crippen molar-refractivity contribution in [1.82, 2.24) is 14.9 Å². The fraction of sp³-hybridized carbons (Fsp3) is 0.800. The van der Waals surface area contributed by atoms with E-state index in [1.807, 2.05) is 6.92 Å². The lowest BCUT2D eigenvalue weighted by molar-refractivity contribution is -0.0307. The van der Waals surface area contributed by atoms with Gasteiger partial charge in [-0.3, -0.25) is 0 Å². The second-order valence-corrected chi connectivity index (χ2v) is 8.45. The van der Waals surface area contributed by atoms with Crippen LogP contribution in [0.3, 0.4) is 0 Å². The SMILES string of the molecule is Cc1cc(N(C2CC2)C2CCN(CC3(O)CCCCC3)CC2)ncn1. The molecule has 25 heavy (non-hydrogen) atoms. The number of nitrogens with zero attached hydrogens (tertiary/aromatic N) is 4. The molecule has 0 bridgehead atoms. The van der Waals surface area contributed by atoms with E-state index in [1.54, 1.807) is 6.33 Å². The highest BCUT2D eigenvalue weighted by atomic mass is 16.3. The monoisotopic (exact) mass is 344 g/mol. The number of aliphatic hydroxyl groups is 1. The van der Waals surface area contributed by atoms with Crippen LogP contribution in [-0.2, 0) is 0 Å². The van der Waals surface area contributed by atoms with Crippen LogP contribution in [0.15, 0.2) is 12.4 Å². The van der Waals surface area contributed by atoms with Crippen molar-refractivity contribution in [2.24, 2.45) is 0 Å². The van der Waals surface area contributed by atoms with Crippen LogP contribution in [-0.4, -0.2) is 57.3 Å². The van der Waals surface area contributed by atoms with Gasteiger partial charge < -0.3 is 14.9 Å². The standard InChI is InChI=1S/C20H32N4O/c1-16-13-19(22-15-21-16)24(17-5-6-17)18-7-11-23(12-8-18)14-20(25)9-3-2-4-10-20/h13,15,17-18,25H,2-12,14H2,1H3. The second-order valence-electron chi connectivity index (χ2n) is 8.45. The molecule has 3 aliphatic rings. The minimum Gasteiger partial charge on any atom is -0.389 e. The number of β-amino-alcohol motifs (C(OH)–C–C–N with tert-alkyl or cyclic N) is 1. The van der Waals surface area contributed by atoms with E-state index in [0.717, 1.165) is 44.0 Å². The number of anilines is 1. The average molecular weight is 345 g/mol. The van der Waals surface area contributed by atoms with E-state index >= 15 is 0 Å². The Morgan fingerprint density at radius 1 is 1.08 bits per heavy atom. The van der Waals surface area contributed by atoms with Crippen molar-refractivity contribution in [2.45, 2.75) is 82.4 Å². The molecule has 5 heteroatoms. The van der Waals surface area contributed by atoms with E-state index in [2.05, 4.69) is 25.8 Å². The van der Waals surface area contributed by atoms with Gasteiger partial charge in [0.2, 0.25) is 0 Å². The van der Waals surface area contributed by atoms with Gasteiger partial charge >= 0.3 is 0 Å². The number of likely N-dealkylation sites (tertiary alicyclic amines) is 1. The molecular weight excluding hydrogens is 312 g/mol. The number of rotatable bonds is 5. The van der Waals surface area contributed by atoms with Crippen molar-refractivity contribution in [2.75, 3.05) is 24.5 Å². The molecule has 0 atom stereocenters. The summed E-state index contributed by atoms with van der Waals surface area (Å²) in [6, 6.07) is 3.39. The molecular formula is C20H32N4O. The molecule has 3 fully saturated rings. The minimum absolute atomic E-state index is 0.426. The van der Waals surface area contributed by atoms with Crippen LogP contribution in [0, 0.1) is 6.92 Å². The topological polar surface area (TPSA) is 52.5 Å². The maximum absolute atomic E-state index is 10.8. The lowest BCUT2D eigenvalue weighted by atomic mass is 9.84. The number of piperidine rings is 1. The fourth-order valence-electron chi connectivity index (χ4n) is 4.75. The molecule has 2 saturated carbocycles. The van der Waals surface area contributed by atoms with Gasteiger partial charge in [-0.1, -0.05) is 19.3 Å². The molecule has 2 aliphatic carbocycles. The summed E-state index contributed by atoms with van der Waals surface area (Å²) < 4.78 is 0. The van der Waals surface area contributed by atoms with Crippen LogP contribution in [0.25, 0.3) is 0 Å². The Labute approximate surface area is 151 Å². The molecule has 0 aromatic carbocycles. The maximum Gasteiger partial charge on any atom is 0.132 e. The molecule has 0 unspecified atom stereocenters. The van der Waals surface area contributed by atoms with E-state index < -0.39 is 5.60 Å². The van der Waals surface area contributed by atoms with Crippen molar-refractivity contribution >= 4 is 5.82 Å². The number of aryl methyl sites for hydroxylation is 1. The predicted molar refractivity (Wildman–Crippen MR) is 99.8 cm³/mol. The summed E-state index contributed by atoms with van der Waals surface area (Å²) in [5.74, 6) is 1.11. The number of aromatic nitrogens is 2. The molecule has 1 saturated heterocycles. The molecule has 138 valence electrons. The number of hydrogen-bond acceptors (Lipinski definition) is 5. The number of hydrogen-bond donors (Lipinski definition) is 1. The first kappa shape index (κ1) is 17.2. The van der Waals surface area contributed by atoms with Crippen molar-refractivity contribution in [1.29, 1.82) is 0 Å². The molecule has 5 nitrogen and oxygen atoms in total. The first-order chi connectivity index (χ1) is 12.1. The summed E-state index contributed by atoms with van der Waals surface area (Å²) in [4.78, 5) is 13.9. The van der Waals surface area contributed by atoms with Gasteiger partial charge in [0.15, 0.2) is 0 Å². The van der Waals surface area contributed by atoms with Crippen molar-refractivity contribution in [3.05, 3.63) is 18.1 Å². The Balaban J connectivity index is 1.37. The molecule has 2 heterocycles. The van der Waals surface area contributed by atoms with E-state index in [4.69, 9.17) is 0 Å². The molecule has 1 aromatic rings. The quantitative estimate of drug-likeness (QED) is 0.890. The smallest absolute Gasteiger partial charge is 0.132 e. The maximum atomic E-state index is 10.8. The van der Waals surface area contributed by atoms with Crippen molar-refractivity contribution in [3.8, 4) is 0 Å². The summed E-state index contributed by atoms with van der Waals surface area (Å²) in [6.07, 6.45) is 12.3. The Morgan fingerprint density at radius 3 is 2.40 bits per heavy atom. The van der Waals surface area contributed by atoms with E-state index in [-0.39, 0.29) is 0 Å². The Morgan fingerprint density at radius 2 is 1.76 bits per heavy atom. The molecule has 0 radical (unpaired) electrons. The van der Waals surface area contributed by atoms with Gasteiger partial charge in [-0.05, 0) is 45.4 Å². The van der Waals surface area contributed by atoms with Crippen LogP contribution in [0.1, 0.15) is 63.5 Å². The minimum atomic E-state index is -0.426. The predicted octanol–water partition coefficient (Wildman–Crippen LogP) is 2.91. The first-order valence-corrected chi connectivity index (χ1v) is 10.1. The third kappa shape index (κ3) is 4.14. The third-order valence-corrected chi connectivity index (χ3v) is 6.25. The summed E-state index contributed by atoms with van der Waals surface area (Å²) in [5, 5.41) is 10.8.